The number of urea groups is 1. The molecule has 0 bridgehead atoms. The number of nitrogens with zero attached hydrogens (tertiary/aromatic N) is 1. The van der Waals surface area contributed by atoms with E-state index in [4.69, 9.17) is 17.3 Å². The Hall–Kier alpha value is -4.76. The second-order valence-electron chi connectivity index (χ2n) is 14.6. The maximum atomic E-state index is 14.4. The quantitative estimate of drug-likeness (QED) is 0.0988. The second kappa shape index (κ2) is 21.0. The molecule has 1 saturated heterocycles. The number of alkyl halides is 1. The van der Waals surface area contributed by atoms with Gasteiger partial charge in [0.15, 0.2) is 5.78 Å². The molecule has 4 rings (SSSR count). The minimum Gasteiger partial charge on any atom is -0.352 e. The fraction of sp³-hybridized carbons (Fsp3) is 0.500. The third-order valence-corrected chi connectivity index (χ3v) is 11.3. The predicted octanol–water partition coefficient (Wildman–Crippen LogP) is 2.69. The number of Topliss-reactive ketones (excluding diaryl/α,β-unsaturated/α-hetero) is 1. The summed E-state index contributed by atoms with van der Waals surface area (Å²) in [6, 6.07) is 11.5. The summed E-state index contributed by atoms with van der Waals surface area (Å²) in [5.74, 6) is -4.18. The number of benzene rings is 2. The lowest BCUT2D eigenvalue weighted by Gasteiger charge is -2.37. The van der Waals surface area contributed by atoms with Crippen molar-refractivity contribution < 1.29 is 37.2 Å². The van der Waals surface area contributed by atoms with Gasteiger partial charge in [-0.1, -0.05) is 60.2 Å². The number of nitrogens with one attached hydrogen (secondary N) is 4. The Morgan fingerprint density at radius 1 is 0.946 bits per heavy atom. The largest absolute Gasteiger partial charge is 0.352 e. The number of fused-ring (bicyclic) bond motifs is 1. The molecule has 1 aliphatic heterocycles. The number of allylic oxidation sites excluding steroid dienone is 1. The van der Waals surface area contributed by atoms with Crippen LogP contribution in [0.2, 0.25) is 0 Å². The lowest BCUT2D eigenvalue weighted by atomic mass is 9.89. The van der Waals surface area contributed by atoms with Crippen LogP contribution in [0.5, 0.6) is 0 Å². The summed E-state index contributed by atoms with van der Waals surface area (Å²) in [5, 5.41) is 10.9. The molecule has 0 saturated carbocycles. The fourth-order valence-corrected chi connectivity index (χ4v) is 7.82. The Labute approximate surface area is 333 Å². The highest BCUT2D eigenvalue weighted by atomic mass is 35.5. The molecule has 2 aliphatic rings. The zero-order valence-corrected chi connectivity index (χ0v) is 33.6. The second-order valence-corrected chi connectivity index (χ2v) is 17.1. The fourth-order valence-electron chi connectivity index (χ4n) is 7.08. The van der Waals surface area contributed by atoms with Crippen LogP contribution in [0, 0.1) is 12.8 Å². The Kier molecular flexibility index (Phi) is 16.5. The van der Waals surface area contributed by atoms with Gasteiger partial charge in [-0.2, -0.15) is 0 Å². The molecule has 2 aromatic carbocycles. The number of carbonyl (C=O) groups is 6. The summed E-state index contributed by atoms with van der Waals surface area (Å²) in [4.78, 5) is 81.1. The molecule has 56 heavy (non-hydrogen) atoms. The molecule has 14 nitrogen and oxygen atoms in total. The van der Waals surface area contributed by atoms with Crippen LogP contribution in [0.25, 0.3) is 5.57 Å². The number of primary amides is 1. The third-order valence-electron chi connectivity index (χ3n) is 10.1. The molecule has 0 radical (unpaired) electrons. The SMILES string of the molecule is Cc1ccc(CNC(=O)[C@H](CCCNC(N)=O)CC(=O)[C@H](CC2=CCc3ccccc32)NC(=O)[C@@H]2CCCCN2C(=O)[C@H](CCS(C)(=O)=O)NC(=O)CCl)cc1. The Morgan fingerprint density at radius 3 is 2.38 bits per heavy atom. The molecule has 0 spiro atoms. The summed E-state index contributed by atoms with van der Waals surface area (Å²) in [6.45, 7) is 2.60. The van der Waals surface area contributed by atoms with Crippen molar-refractivity contribution in [1.29, 1.82) is 0 Å². The number of sulfone groups is 1. The molecular weight excluding hydrogens is 760 g/mol. The zero-order valence-electron chi connectivity index (χ0n) is 32.0. The van der Waals surface area contributed by atoms with Gasteiger partial charge < -0.3 is 31.9 Å². The number of halogens is 1. The number of nitrogens with two attached hydrogens (primary N) is 1. The van der Waals surface area contributed by atoms with Gasteiger partial charge in [0.1, 0.15) is 27.8 Å². The van der Waals surface area contributed by atoms with Crippen LogP contribution in [0.15, 0.2) is 54.6 Å². The first-order valence-electron chi connectivity index (χ1n) is 19.0. The van der Waals surface area contributed by atoms with Gasteiger partial charge in [0.25, 0.3) is 0 Å². The maximum Gasteiger partial charge on any atom is 0.312 e. The van der Waals surface area contributed by atoms with E-state index in [0.717, 1.165) is 34.1 Å². The van der Waals surface area contributed by atoms with Crippen LogP contribution in [0.3, 0.4) is 0 Å². The van der Waals surface area contributed by atoms with Crippen molar-refractivity contribution in [2.75, 3.05) is 31.0 Å². The number of amides is 6. The van der Waals surface area contributed by atoms with E-state index in [2.05, 4.69) is 21.3 Å². The summed E-state index contributed by atoms with van der Waals surface area (Å²) in [6.07, 6.45) is 5.53. The molecule has 6 amide bonds. The predicted molar refractivity (Wildman–Crippen MR) is 214 cm³/mol. The average Bonchev–Trinajstić information content (AvgIpc) is 3.58. The molecule has 0 aromatic heterocycles. The van der Waals surface area contributed by atoms with Gasteiger partial charge in [-0.05, 0) is 74.1 Å². The van der Waals surface area contributed by atoms with Gasteiger partial charge in [0.2, 0.25) is 23.6 Å². The highest BCUT2D eigenvalue weighted by Gasteiger charge is 2.38. The van der Waals surface area contributed by atoms with Gasteiger partial charge >= 0.3 is 6.03 Å². The summed E-state index contributed by atoms with van der Waals surface area (Å²) >= 11 is 5.70. The molecule has 1 heterocycles. The monoisotopic (exact) mass is 812 g/mol. The number of piperidine rings is 1. The normalized spacial score (nSPS) is 16.7. The number of carbonyl (C=O) groups excluding carboxylic acids is 6. The minimum atomic E-state index is -3.49. The number of aryl methyl sites for hydroxylation is 1. The van der Waals surface area contributed by atoms with E-state index in [9.17, 15) is 37.2 Å². The molecule has 1 fully saturated rings. The summed E-state index contributed by atoms with van der Waals surface area (Å²) in [7, 11) is -3.49. The van der Waals surface area contributed by atoms with E-state index in [0.29, 0.717) is 25.7 Å². The Morgan fingerprint density at radius 2 is 1.68 bits per heavy atom. The van der Waals surface area contributed by atoms with E-state index < -0.39 is 63.5 Å². The van der Waals surface area contributed by atoms with Gasteiger partial charge in [0, 0.05) is 44.6 Å². The third kappa shape index (κ3) is 13.5. The van der Waals surface area contributed by atoms with Crippen LogP contribution in [-0.2, 0) is 46.8 Å². The van der Waals surface area contributed by atoms with Crippen LogP contribution in [-0.4, -0.2) is 97.9 Å². The molecular formula is C40H53ClN6O8S. The smallest absolute Gasteiger partial charge is 0.312 e. The van der Waals surface area contributed by atoms with Crippen molar-refractivity contribution in [2.45, 2.75) is 89.4 Å². The van der Waals surface area contributed by atoms with Crippen molar-refractivity contribution in [3.8, 4) is 0 Å². The standard InChI is InChI=1S/C40H53ClN6O8S/c1-26-12-14-27(15-13-26)25-44-37(50)30(9-7-19-43-40(42)53)23-35(48)33(22-29-17-16-28-8-3-4-10-31(28)29)46-38(51)34-11-5-6-20-47(34)39(52)32(45-36(49)24-41)18-21-56(2,54)55/h3-4,8,10,12-15,17,30,32-34H,5-7,9,11,16,18-25H2,1-2H3,(H,44,50)(H,45,49)(H,46,51)(H3,42,43,53)/t30-,32+,33+,34+/m1/s1. The minimum absolute atomic E-state index is 0.145. The number of hydrogen-bond donors (Lipinski definition) is 5. The molecule has 304 valence electrons. The molecule has 4 atom stereocenters. The average molecular weight is 813 g/mol. The molecule has 6 N–H and O–H groups in total. The summed E-state index contributed by atoms with van der Waals surface area (Å²) < 4.78 is 24.0. The van der Waals surface area contributed by atoms with E-state index >= 15 is 0 Å². The maximum absolute atomic E-state index is 14.4. The lowest BCUT2D eigenvalue weighted by molar-refractivity contribution is -0.145. The van der Waals surface area contributed by atoms with Crippen molar-refractivity contribution in [2.24, 2.45) is 11.7 Å². The first-order chi connectivity index (χ1) is 26.6. The Balaban J connectivity index is 1.58. The van der Waals surface area contributed by atoms with E-state index in [1.807, 2.05) is 61.5 Å². The van der Waals surface area contributed by atoms with Gasteiger partial charge in [0.05, 0.1) is 11.8 Å². The van der Waals surface area contributed by atoms with E-state index in [1.165, 1.54) is 4.90 Å². The summed E-state index contributed by atoms with van der Waals surface area (Å²) in [5.41, 5.74) is 10.1. The van der Waals surface area contributed by atoms with Gasteiger partial charge in [-0.3, -0.25) is 24.0 Å². The number of rotatable bonds is 20. The van der Waals surface area contributed by atoms with Crippen LogP contribution < -0.4 is 27.0 Å². The number of likely N-dealkylation sites (tertiary alicyclic amines) is 1. The van der Waals surface area contributed by atoms with Crippen molar-refractivity contribution in [3.05, 3.63) is 76.9 Å². The lowest BCUT2D eigenvalue weighted by Crippen LogP contribution is -2.59. The number of ketones is 1. The highest BCUT2D eigenvalue weighted by molar-refractivity contribution is 7.90. The van der Waals surface area contributed by atoms with E-state index in [1.54, 1.807) is 0 Å². The van der Waals surface area contributed by atoms with E-state index in [-0.39, 0.29) is 69.2 Å². The van der Waals surface area contributed by atoms with Crippen molar-refractivity contribution >= 4 is 62.5 Å². The topological polar surface area (TPSA) is 214 Å². The zero-order chi connectivity index (χ0) is 40.8. The first-order valence-corrected chi connectivity index (χ1v) is 21.5. The Bertz CT molecular complexity index is 1890. The van der Waals surface area contributed by atoms with Gasteiger partial charge in [-0.15, -0.1) is 11.6 Å². The molecule has 16 heteroatoms. The number of hydrogen-bond acceptors (Lipinski definition) is 8. The molecule has 2 aromatic rings. The molecule has 0 unspecified atom stereocenters. The highest BCUT2D eigenvalue weighted by Crippen LogP contribution is 2.31. The van der Waals surface area contributed by atoms with Crippen LogP contribution in [0.4, 0.5) is 4.79 Å². The molecule has 1 aliphatic carbocycles. The first kappa shape index (κ1) is 44.0. The van der Waals surface area contributed by atoms with Crippen LogP contribution in [0.1, 0.15) is 73.6 Å². The van der Waals surface area contributed by atoms with Crippen molar-refractivity contribution in [3.63, 3.8) is 0 Å². The van der Waals surface area contributed by atoms with Gasteiger partial charge in [-0.25, -0.2) is 13.2 Å². The van der Waals surface area contributed by atoms with Crippen LogP contribution >= 0.6 is 11.6 Å². The van der Waals surface area contributed by atoms with Crippen molar-refractivity contribution in [1.82, 2.24) is 26.2 Å².